The number of pyridine rings is 1. The van der Waals surface area contributed by atoms with Gasteiger partial charge in [-0.05, 0) is 31.4 Å². The first-order valence-electron chi connectivity index (χ1n) is 8.01. The number of hydrogen-bond acceptors (Lipinski definition) is 6. The minimum Gasteiger partial charge on any atom is -0.386 e. The van der Waals surface area contributed by atoms with E-state index < -0.39 is 5.60 Å². The Morgan fingerprint density at radius 2 is 2.25 bits per heavy atom. The van der Waals surface area contributed by atoms with Crippen LogP contribution in [-0.4, -0.2) is 51.2 Å². The molecule has 0 radical (unpaired) electrons. The second kappa shape index (κ2) is 6.92. The highest BCUT2D eigenvalue weighted by atomic mass is 16.3. The molecule has 1 aliphatic heterocycles. The van der Waals surface area contributed by atoms with E-state index >= 15 is 0 Å². The summed E-state index contributed by atoms with van der Waals surface area (Å²) in [4.78, 5) is 26.7. The third-order valence-corrected chi connectivity index (χ3v) is 4.23. The summed E-state index contributed by atoms with van der Waals surface area (Å²) in [5.74, 6) is 0.473. The van der Waals surface area contributed by atoms with Gasteiger partial charge in [-0.2, -0.15) is 0 Å². The fourth-order valence-electron chi connectivity index (χ4n) is 2.96. The summed E-state index contributed by atoms with van der Waals surface area (Å²) < 4.78 is 0. The standard InChI is InChI=1S/C17H21N5O2/c1-13-4-2-6-20-15(13)16(23)21-11-17(24)5-3-9-22(12-17)14-10-18-7-8-19-14/h2,4,6-8,10,24H,3,5,9,11-12H2,1H3,(H,21,23). The molecule has 2 N–H and O–H groups in total. The van der Waals surface area contributed by atoms with Crippen LogP contribution in [0.2, 0.25) is 0 Å². The summed E-state index contributed by atoms with van der Waals surface area (Å²) in [6.45, 7) is 3.24. The van der Waals surface area contributed by atoms with Gasteiger partial charge in [0.2, 0.25) is 0 Å². The highest BCUT2D eigenvalue weighted by molar-refractivity contribution is 5.93. The van der Waals surface area contributed by atoms with Gasteiger partial charge in [-0.1, -0.05) is 6.07 Å². The topological polar surface area (TPSA) is 91.2 Å². The summed E-state index contributed by atoms with van der Waals surface area (Å²) in [6.07, 6.45) is 7.98. The van der Waals surface area contributed by atoms with E-state index in [0.717, 1.165) is 24.3 Å². The van der Waals surface area contributed by atoms with Crippen molar-refractivity contribution < 1.29 is 9.90 Å². The van der Waals surface area contributed by atoms with Gasteiger partial charge in [0.15, 0.2) is 0 Å². The van der Waals surface area contributed by atoms with E-state index in [2.05, 4.69) is 20.3 Å². The van der Waals surface area contributed by atoms with Crippen LogP contribution in [0.4, 0.5) is 5.82 Å². The van der Waals surface area contributed by atoms with Gasteiger partial charge in [-0.3, -0.25) is 14.8 Å². The maximum absolute atomic E-state index is 12.3. The number of aromatic nitrogens is 3. The van der Waals surface area contributed by atoms with E-state index in [0.29, 0.717) is 18.7 Å². The predicted molar refractivity (Wildman–Crippen MR) is 89.7 cm³/mol. The molecule has 7 heteroatoms. The van der Waals surface area contributed by atoms with Gasteiger partial charge >= 0.3 is 0 Å². The molecule has 1 aliphatic rings. The van der Waals surface area contributed by atoms with Crippen molar-refractivity contribution in [2.75, 3.05) is 24.5 Å². The maximum atomic E-state index is 12.3. The van der Waals surface area contributed by atoms with E-state index in [-0.39, 0.29) is 12.5 Å². The number of carbonyl (C=O) groups excluding carboxylic acids is 1. The molecule has 126 valence electrons. The molecule has 2 aromatic heterocycles. The highest BCUT2D eigenvalue weighted by Crippen LogP contribution is 2.24. The van der Waals surface area contributed by atoms with E-state index in [1.165, 1.54) is 0 Å². The van der Waals surface area contributed by atoms with Gasteiger partial charge in [0.1, 0.15) is 11.5 Å². The minimum absolute atomic E-state index is 0.179. The predicted octanol–water partition coefficient (Wildman–Crippen LogP) is 0.941. The number of rotatable bonds is 4. The van der Waals surface area contributed by atoms with Crippen LogP contribution in [0.1, 0.15) is 28.9 Å². The molecular weight excluding hydrogens is 306 g/mol. The quantitative estimate of drug-likeness (QED) is 0.868. The molecule has 3 rings (SSSR count). The molecule has 0 aromatic carbocycles. The van der Waals surface area contributed by atoms with Gasteiger partial charge in [0, 0.05) is 38.2 Å². The number of piperidine rings is 1. The molecule has 0 aliphatic carbocycles. The largest absolute Gasteiger partial charge is 0.386 e. The number of carbonyl (C=O) groups is 1. The third kappa shape index (κ3) is 3.68. The van der Waals surface area contributed by atoms with Crippen LogP contribution in [0.25, 0.3) is 0 Å². The summed E-state index contributed by atoms with van der Waals surface area (Å²) in [5, 5.41) is 13.7. The number of aryl methyl sites for hydroxylation is 1. The van der Waals surface area contributed by atoms with Crippen molar-refractivity contribution in [1.82, 2.24) is 20.3 Å². The fraction of sp³-hybridized carbons (Fsp3) is 0.412. The zero-order valence-electron chi connectivity index (χ0n) is 13.6. The summed E-state index contributed by atoms with van der Waals surface area (Å²) in [7, 11) is 0. The normalized spacial score (nSPS) is 20.7. The fourth-order valence-corrected chi connectivity index (χ4v) is 2.96. The van der Waals surface area contributed by atoms with Crippen LogP contribution in [0.5, 0.6) is 0 Å². The first-order valence-corrected chi connectivity index (χ1v) is 8.01. The lowest BCUT2D eigenvalue weighted by Gasteiger charge is -2.39. The molecule has 24 heavy (non-hydrogen) atoms. The number of nitrogens with one attached hydrogen (secondary N) is 1. The van der Waals surface area contributed by atoms with Crippen LogP contribution >= 0.6 is 0 Å². The lowest BCUT2D eigenvalue weighted by molar-refractivity contribution is 0.0253. The Morgan fingerprint density at radius 3 is 3.00 bits per heavy atom. The molecule has 7 nitrogen and oxygen atoms in total. The van der Waals surface area contributed by atoms with Gasteiger partial charge in [0.05, 0.1) is 11.8 Å². The number of hydrogen-bond donors (Lipinski definition) is 2. The number of aliphatic hydroxyl groups is 1. The molecule has 3 heterocycles. The molecule has 0 spiro atoms. The van der Waals surface area contributed by atoms with Crippen molar-refractivity contribution >= 4 is 11.7 Å². The van der Waals surface area contributed by atoms with E-state index in [1.807, 2.05) is 17.9 Å². The molecule has 1 unspecified atom stereocenters. The second-order valence-corrected chi connectivity index (χ2v) is 6.16. The van der Waals surface area contributed by atoms with Gasteiger partial charge in [-0.15, -0.1) is 0 Å². The number of amides is 1. The van der Waals surface area contributed by atoms with E-state index in [9.17, 15) is 9.90 Å². The SMILES string of the molecule is Cc1cccnc1C(=O)NCC1(O)CCCN(c2cnccn2)C1. The molecule has 1 saturated heterocycles. The molecule has 0 saturated carbocycles. The Morgan fingerprint density at radius 1 is 1.38 bits per heavy atom. The van der Waals surface area contributed by atoms with Crippen molar-refractivity contribution in [3.63, 3.8) is 0 Å². The lowest BCUT2D eigenvalue weighted by Crippen LogP contribution is -2.54. The van der Waals surface area contributed by atoms with Gasteiger partial charge < -0.3 is 15.3 Å². The summed E-state index contributed by atoms with van der Waals surface area (Å²) >= 11 is 0. The van der Waals surface area contributed by atoms with Crippen molar-refractivity contribution in [2.24, 2.45) is 0 Å². The first-order chi connectivity index (χ1) is 11.6. The lowest BCUT2D eigenvalue weighted by atomic mass is 9.92. The van der Waals surface area contributed by atoms with Crippen LogP contribution in [0, 0.1) is 6.92 Å². The Labute approximate surface area is 140 Å². The van der Waals surface area contributed by atoms with Crippen molar-refractivity contribution in [3.05, 3.63) is 48.2 Å². The number of β-amino-alcohol motifs (C(OH)–C–C–N with tert-alkyl or cyclic N) is 1. The molecule has 1 amide bonds. The smallest absolute Gasteiger partial charge is 0.270 e. The maximum Gasteiger partial charge on any atom is 0.270 e. The average Bonchev–Trinajstić information content (AvgIpc) is 2.61. The molecule has 1 fully saturated rings. The zero-order chi connectivity index (χ0) is 17.0. The van der Waals surface area contributed by atoms with Crippen LogP contribution in [0.15, 0.2) is 36.9 Å². The van der Waals surface area contributed by atoms with Crippen LogP contribution in [-0.2, 0) is 0 Å². The summed E-state index contributed by atoms with van der Waals surface area (Å²) in [5.41, 5.74) is 0.211. The molecule has 0 bridgehead atoms. The molecular formula is C17H21N5O2. The van der Waals surface area contributed by atoms with Crippen molar-refractivity contribution in [3.8, 4) is 0 Å². The van der Waals surface area contributed by atoms with Crippen LogP contribution in [0.3, 0.4) is 0 Å². The highest BCUT2D eigenvalue weighted by Gasteiger charge is 2.34. The average molecular weight is 327 g/mol. The van der Waals surface area contributed by atoms with Crippen molar-refractivity contribution in [2.45, 2.75) is 25.4 Å². The van der Waals surface area contributed by atoms with E-state index in [4.69, 9.17) is 0 Å². The molecule has 1 atom stereocenters. The zero-order valence-corrected chi connectivity index (χ0v) is 13.6. The first kappa shape index (κ1) is 16.3. The summed E-state index contributed by atoms with van der Waals surface area (Å²) in [6, 6.07) is 3.63. The van der Waals surface area contributed by atoms with Gasteiger partial charge in [0.25, 0.3) is 5.91 Å². The molecule has 2 aromatic rings. The Kier molecular flexibility index (Phi) is 4.71. The van der Waals surface area contributed by atoms with E-state index in [1.54, 1.807) is 30.9 Å². The number of anilines is 1. The Hall–Kier alpha value is -2.54. The monoisotopic (exact) mass is 327 g/mol. The minimum atomic E-state index is -0.992. The van der Waals surface area contributed by atoms with Gasteiger partial charge in [-0.25, -0.2) is 4.98 Å². The Balaban J connectivity index is 1.64. The second-order valence-electron chi connectivity index (χ2n) is 6.16. The third-order valence-electron chi connectivity index (χ3n) is 4.23. The van der Waals surface area contributed by atoms with Crippen LogP contribution < -0.4 is 10.2 Å². The number of nitrogens with zero attached hydrogens (tertiary/aromatic N) is 4. The van der Waals surface area contributed by atoms with Crippen molar-refractivity contribution in [1.29, 1.82) is 0 Å². The Bertz CT molecular complexity index is 709.